The number of fused-ring (bicyclic) bond motifs is 1. The maximum atomic E-state index is 5.38. The van der Waals surface area contributed by atoms with Gasteiger partial charge in [0.1, 0.15) is 11.6 Å². The highest BCUT2D eigenvalue weighted by molar-refractivity contribution is 7.98. The van der Waals surface area contributed by atoms with E-state index in [0.29, 0.717) is 11.6 Å². The fourth-order valence-corrected chi connectivity index (χ4v) is 2.64. The predicted octanol–water partition coefficient (Wildman–Crippen LogP) is 2.24. The molecular formula is C13H14N6S. The fourth-order valence-electron chi connectivity index (χ4n) is 1.90. The first-order valence-corrected chi connectivity index (χ1v) is 7.12. The van der Waals surface area contributed by atoms with E-state index < -0.39 is 0 Å². The van der Waals surface area contributed by atoms with Crippen LogP contribution in [0.4, 0.5) is 5.82 Å². The Bertz CT molecular complexity index is 706. The standard InChI is InChI=1S/C13H14N6S/c1-8-6-11(19-14)18-12(15-8)7-20-13-16-9-4-2-3-5-10(9)17-13/h2-6H,7,14H2,1H3,(H,16,17)(H,15,18,19). The van der Waals surface area contributed by atoms with Crippen molar-refractivity contribution in [1.82, 2.24) is 19.9 Å². The van der Waals surface area contributed by atoms with Gasteiger partial charge >= 0.3 is 0 Å². The molecule has 0 atom stereocenters. The van der Waals surface area contributed by atoms with Crippen molar-refractivity contribution in [1.29, 1.82) is 0 Å². The molecule has 3 rings (SSSR count). The number of hydrogen-bond acceptors (Lipinski definition) is 6. The van der Waals surface area contributed by atoms with Crippen molar-refractivity contribution in [3.63, 3.8) is 0 Å². The lowest BCUT2D eigenvalue weighted by Crippen LogP contribution is -2.10. The highest BCUT2D eigenvalue weighted by atomic mass is 32.2. The molecule has 0 fully saturated rings. The molecule has 1 aromatic carbocycles. The first kappa shape index (κ1) is 12.9. The minimum atomic E-state index is 0.623. The summed E-state index contributed by atoms with van der Waals surface area (Å²) in [6.07, 6.45) is 0. The maximum absolute atomic E-state index is 5.38. The monoisotopic (exact) mass is 286 g/mol. The van der Waals surface area contributed by atoms with E-state index in [-0.39, 0.29) is 0 Å². The van der Waals surface area contributed by atoms with Crippen LogP contribution in [0.1, 0.15) is 11.5 Å². The Kier molecular flexibility index (Phi) is 3.53. The lowest BCUT2D eigenvalue weighted by atomic mass is 10.3. The second-order valence-corrected chi connectivity index (χ2v) is 5.27. The number of hydrogen-bond donors (Lipinski definition) is 3. The Morgan fingerprint density at radius 1 is 1.25 bits per heavy atom. The number of anilines is 1. The molecule has 0 aliphatic heterocycles. The Morgan fingerprint density at radius 3 is 2.90 bits per heavy atom. The summed E-state index contributed by atoms with van der Waals surface area (Å²) >= 11 is 1.57. The highest BCUT2D eigenvalue weighted by Gasteiger charge is 2.06. The van der Waals surface area contributed by atoms with Gasteiger partial charge in [-0.15, -0.1) is 0 Å². The zero-order valence-electron chi connectivity index (χ0n) is 10.9. The van der Waals surface area contributed by atoms with Gasteiger partial charge < -0.3 is 10.4 Å². The largest absolute Gasteiger partial charge is 0.333 e. The number of para-hydroxylation sites is 2. The SMILES string of the molecule is Cc1cc(NN)nc(CSc2nc3ccccc3[nH]2)n1. The molecule has 0 unspecified atom stereocenters. The summed E-state index contributed by atoms with van der Waals surface area (Å²) in [5, 5.41) is 0.860. The molecule has 0 bridgehead atoms. The average Bonchev–Trinajstić information content (AvgIpc) is 2.87. The van der Waals surface area contributed by atoms with Crippen molar-refractivity contribution in [3.8, 4) is 0 Å². The van der Waals surface area contributed by atoms with Gasteiger partial charge in [-0.1, -0.05) is 23.9 Å². The van der Waals surface area contributed by atoms with Gasteiger partial charge in [-0.2, -0.15) is 0 Å². The van der Waals surface area contributed by atoms with Crippen LogP contribution < -0.4 is 11.3 Å². The van der Waals surface area contributed by atoms with Gasteiger partial charge in [0.05, 0.1) is 16.8 Å². The van der Waals surface area contributed by atoms with Crippen LogP contribution in [0.2, 0.25) is 0 Å². The minimum absolute atomic E-state index is 0.623. The summed E-state index contributed by atoms with van der Waals surface area (Å²) in [7, 11) is 0. The molecule has 6 nitrogen and oxygen atoms in total. The first-order chi connectivity index (χ1) is 9.74. The van der Waals surface area contributed by atoms with Crippen LogP contribution in [0, 0.1) is 6.92 Å². The van der Waals surface area contributed by atoms with Crippen molar-refractivity contribution in [2.75, 3.05) is 5.43 Å². The molecule has 0 aliphatic carbocycles. The van der Waals surface area contributed by atoms with Gasteiger partial charge in [0, 0.05) is 11.8 Å². The molecule has 0 radical (unpaired) electrons. The zero-order valence-corrected chi connectivity index (χ0v) is 11.7. The number of aromatic nitrogens is 4. The second-order valence-electron chi connectivity index (χ2n) is 4.30. The van der Waals surface area contributed by atoms with Crippen LogP contribution in [-0.4, -0.2) is 19.9 Å². The molecule has 7 heteroatoms. The third-order valence-electron chi connectivity index (χ3n) is 2.75. The number of benzene rings is 1. The zero-order chi connectivity index (χ0) is 13.9. The number of rotatable bonds is 4. The smallest absolute Gasteiger partial charge is 0.166 e. The van der Waals surface area contributed by atoms with E-state index >= 15 is 0 Å². The van der Waals surface area contributed by atoms with E-state index in [0.717, 1.165) is 27.7 Å². The normalized spacial score (nSPS) is 10.9. The van der Waals surface area contributed by atoms with Crippen LogP contribution in [-0.2, 0) is 5.75 Å². The molecular weight excluding hydrogens is 272 g/mol. The Balaban J connectivity index is 1.77. The first-order valence-electron chi connectivity index (χ1n) is 6.13. The Morgan fingerprint density at radius 2 is 2.10 bits per heavy atom. The number of nitrogen functional groups attached to an aromatic ring is 1. The number of aryl methyl sites for hydroxylation is 1. The highest BCUT2D eigenvalue weighted by Crippen LogP contribution is 2.22. The summed E-state index contributed by atoms with van der Waals surface area (Å²) in [4.78, 5) is 16.5. The van der Waals surface area contributed by atoms with E-state index in [4.69, 9.17) is 5.84 Å². The van der Waals surface area contributed by atoms with E-state index in [1.165, 1.54) is 0 Å². The van der Waals surface area contributed by atoms with Crippen LogP contribution in [0.5, 0.6) is 0 Å². The van der Waals surface area contributed by atoms with Crippen LogP contribution in [0.25, 0.3) is 11.0 Å². The summed E-state index contributed by atoms with van der Waals surface area (Å²) in [5.74, 6) is 7.36. The van der Waals surface area contributed by atoms with Gasteiger partial charge in [0.15, 0.2) is 5.16 Å². The number of thioether (sulfide) groups is 1. The van der Waals surface area contributed by atoms with E-state index in [9.17, 15) is 0 Å². The van der Waals surface area contributed by atoms with Crippen molar-refractivity contribution >= 4 is 28.6 Å². The summed E-state index contributed by atoms with van der Waals surface area (Å²) < 4.78 is 0. The molecule has 2 aromatic heterocycles. The second kappa shape index (κ2) is 5.48. The number of nitrogens with zero attached hydrogens (tertiary/aromatic N) is 3. The molecule has 20 heavy (non-hydrogen) atoms. The molecule has 3 aromatic rings. The summed E-state index contributed by atoms with van der Waals surface area (Å²) in [5.41, 5.74) is 5.42. The molecule has 0 spiro atoms. The maximum Gasteiger partial charge on any atom is 0.166 e. The van der Waals surface area contributed by atoms with E-state index in [1.807, 2.05) is 31.2 Å². The minimum Gasteiger partial charge on any atom is -0.333 e. The number of H-pyrrole nitrogens is 1. The van der Waals surface area contributed by atoms with Crippen LogP contribution in [0.15, 0.2) is 35.5 Å². The molecule has 4 N–H and O–H groups in total. The number of nitrogens with one attached hydrogen (secondary N) is 2. The Hall–Kier alpha value is -2.12. The summed E-state index contributed by atoms with van der Waals surface area (Å²) in [6, 6.07) is 9.75. The molecule has 102 valence electrons. The lowest BCUT2D eigenvalue weighted by molar-refractivity contribution is 0.983. The topological polar surface area (TPSA) is 92.5 Å². The molecule has 0 aliphatic rings. The third kappa shape index (κ3) is 2.73. The van der Waals surface area contributed by atoms with Crippen molar-refractivity contribution in [3.05, 3.63) is 41.9 Å². The van der Waals surface area contributed by atoms with Crippen molar-refractivity contribution in [2.24, 2.45) is 5.84 Å². The number of aromatic amines is 1. The number of nitrogens with two attached hydrogens (primary N) is 1. The molecule has 2 heterocycles. The van der Waals surface area contributed by atoms with Crippen molar-refractivity contribution < 1.29 is 0 Å². The third-order valence-corrected chi connectivity index (χ3v) is 3.62. The predicted molar refractivity (Wildman–Crippen MR) is 80.2 cm³/mol. The van der Waals surface area contributed by atoms with Gasteiger partial charge in [-0.3, -0.25) is 0 Å². The van der Waals surface area contributed by atoms with Crippen LogP contribution >= 0.6 is 11.8 Å². The van der Waals surface area contributed by atoms with Gasteiger partial charge in [-0.25, -0.2) is 20.8 Å². The fraction of sp³-hybridized carbons (Fsp3) is 0.154. The quantitative estimate of drug-likeness (QED) is 0.387. The lowest BCUT2D eigenvalue weighted by Gasteiger charge is -2.04. The van der Waals surface area contributed by atoms with Gasteiger partial charge in [0.2, 0.25) is 0 Å². The number of imidazole rings is 1. The number of hydrazine groups is 1. The van der Waals surface area contributed by atoms with Crippen molar-refractivity contribution in [2.45, 2.75) is 17.8 Å². The summed E-state index contributed by atoms with van der Waals surface area (Å²) in [6.45, 7) is 1.91. The van der Waals surface area contributed by atoms with E-state index in [2.05, 4.69) is 25.4 Å². The van der Waals surface area contributed by atoms with Gasteiger partial charge in [0.25, 0.3) is 0 Å². The molecule has 0 amide bonds. The van der Waals surface area contributed by atoms with Gasteiger partial charge in [-0.05, 0) is 19.1 Å². The Labute approximate surface area is 120 Å². The van der Waals surface area contributed by atoms with E-state index in [1.54, 1.807) is 17.8 Å². The molecule has 0 saturated heterocycles. The van der Waals surface area contributed by atoms with Crippen LogP contribution in [0.3, 0.4) is 0 Å². The average molecular weight is 286 g/mol. The molecule has 0 saturated carbocycles.